The van der Waals surface area contributed by atoms with Crippen molar-refractivity contribution in [3.63, 3.8) is 0 Å². The van der Waals surface area contributed by atoms with Gasteiger partial charge in [-0.05, 0) is 37.3 Å². The minimum atomic E-state index is -0.557. The van der Waals surface area contributed by atoms with Gasteiger partial charge in [0.05, 0.1) is 0 Å². The molecule has 0 spiro atoms. The number of carbonyl (C=O) groups is 2. The Morgan fingerprint density at radius 2 is 1.52 bits per heavy atom. The van der Waals surface area contributed by atoms with E-state index in [-0.39, 0.29) is 17.1 Å². The third-order valence-electron chi connectivity index (χ3n) is 3.80. The molecule has 1 aromatic heterocycles. The van der Waals surface area contributed by atoms with Gasteiger partial charge in [-0.2, -0.15) is 0 Å². The lowest BCUT2D eigenvalue weighted by Gasteiger charge is -2.17. The minimum Gasteiger partial charge on any atom is -0.423 e. The number of aryl methyl sites for hydroxylation is 1. The molecule has 0 bridgehead atoms. The Kier molecular flexibility index (Phi) is 3.90. The fourth-order valence-corrected chi connectivity index (χ4v) is 2.92. The molecule has 120 valence electrons. The van der Waals surface area contributed by atoms with Crippen LogP contribution < -0.4 is 15.1 Å². The Hall–Kier alpha value is -2.63. The maximum Gasteiger partial charge on any atom is 0.339 e. The number of hydrogen-bond acceptors (Lipinski definition) is 6. The summed E-state index contributed by atoms with van der Waals surface area (Å²) in [5.41, 5.74) is 1.56. The highest BCUT2D eigenvalue weighted by Crippen LogP contribution is 2.36. The third-order valence-corrected chi connectivity index (χ3v) is 3.80. The average molecular weight is 316 g/mol. The van der Waals surface area contributed by atoms with Crippen LogP contribution in [0.25, 0.3) is 11.0 Å². The molecule has 0 N–H and O–H groups in total. The second kappa shape index (κ2) is 5.87. The highest BCUT2D eigenvalue weighted by Gasteiger charge is 2.21. The molecule has 0 aliphatic heterocycles. The first-order chi connectivity index (χ1) is 11.0. The Balaban J connectivity index is 2.26. The second-order valence-corrected chi connectivity index (χ2v) is 5.54. The zero-order chi connectivity index (χ0) is 16.6. The normalized spacial score (nSPS) is 13.5. The molecular weight excluding hydrogens is 300 g/mol. The highest BCUT2D eigenvalue weighted by atomic mass is 16.6. The van der Waals surface area contributed by atoms with E-state index >= 15 is 0 Å². The van der Waals surface area contributed by atoms with Gasteiger partial charge in [-0.25, -0.2) is 4.79 Å². The van der Waals surface area contributed by atoms with Crippen molar-refractivity contribution in [3.8, 4) is 11.5 Å². The summed E-state index contributed by atoms with van der Waals surface area (Å²) >= 11 is 0. The first kappa shape index (κ1) is 15.3. The summed E-state index contributed by atoms with van der Waals surface area (Å²) in [5, 5.41) is 0.714. The second-order valence-electron chi connectivity index (χ2n) is 5.54. The fourth-order valence-electron chi connectivity index (χ4n) is 2.92. The van der Waals surface area contributed by atoms with Crippen molar-refractivity contribution in [2.75, 3.05) is 0 Å². The number of hydrogen-bond donors (Lipinski definition) is 0. The minimum absolute atomic E-state index is 0.0547. The molecule has 1 heterocycles. The van der Waals surface area contributed by atoms with Crippen LogP contribution in [0.2, 0.25) is 0 Å². The molecule has 3 rings (SSSR count). The molecule has 0 amide bonds. The van der Waals surface area contributed by atoms with Crippen molar-refractivity contribution in [1.29, 1.82) is 0 Å². The lowest BCUT2D eigenvalue weighted by molar-refractivity contribution is -0.134. The molecule has 0 radical (unpaired) electrons. The molecule has 1 aliphatic rings. The number of rotatable bonds is 2. The average Bonchev–Trinajstić information content (AvgIpc) is 2.48. The standard InChI is InChI=1S/C17H16O6/c1-9(18)21-15-7-13-11-5-3-4-6-12(11)17(20)23-14(13)8-16(15)22-10(2)19/h7-8H,3-6H2,1-2H3. The lowest BCUT2D eigenvalue weighted by atomic mass is 9.90. The van der Waals surface area contributed by atoms with Crippen LogP contribution >= 0.6 is 0 Å². The van der Waals surface area contributed by atoms with Crippen molar-refractivity contribution in [1.82, 2.24) is 0 Å². The van der Waals surface area contributed by atoms with Crippen molar-refractivity contribution >= 4 is 22.9 Å². The third kappa shape index (κ3) is 2.97. The number of benzene rings is 1. The summed E-state index contributed by atoms with van der Waals surface area (Å²) in [6.45, 7) is 2.51. The van der Waals surface area contributed by atoms with Crippen LogP contribution in [-0.4, -0.2) is 11.9 Å². The van der Waals surface area contributed by atoms with E-state index in [9.17, 15) is 14.4 Å². The number of esters is 2. The smallest absolute Gasteiger partial charge is 0.339 e. The van der Waals surface area contributed by atoms with E-state index in [1.165, 1.54) is 19.9 Å². The van der Waals surface area contributed by atoms with Crippen molar-refractivity contribution < 1.29 is 23.5 Å². The molecular formula is C17H16O6. The largest absolute Gasteiger partial charge is 0.423 e. The summed E-state index contributed by atoms with van der Waals surface area (Å²) in [6, 6.07) is 3.02. The van der Waals surface area contributed by atoms with Gasteiger partial charge in [-0.15, -0.1) is 0 Å². The van der Waals surface area contributed by atoms with E-state index in [0.29, 0.717) is 23.0 Å². The van der Waals surface area contributed by atoms with Crippen molar-refractivity contribution in [3.05, 3.63) is 33.7 Å². The first-order valence-electron chi connectivity index (χ1n) is 7.45. The van der Waals surface area contributed by atoms with Gasteiger partial charge in [0, 0.05) is 30.9 Å². The molecule has 0 saturated heterocycles. The molecule has 6 nitrogen and oxygen atoms in total. The van der Waals surface area contributed by atoms with E-state index in [1.54, 1.807) is 6.07 Å². The molecule has 2 aromatic rings. The number of carbonyl (C=O) groups excluding carboxylic acids is 2. The van der Waals surface area contributed by atoms with E-state index in [1.807, 2.05) is 0 Å². The predicted octanol–water partition coefficient (Wildman–Crippen LogP) is 2.52. The lowest BCUT2D eigenvalue weighted by Crippen LogP contribution is -2.16. The SMILES string of the molecule is CC(=O)Oc1cc2oc(=O)c3c(c2cc1OC(C)=O)CCCC3. The zero-order valence-electron chi connectivity index (χ0n) is 12.9. The van der Waals surface area contributed by atoms with Gasteiger partial charge in [0.2, 0.25) is 0 Å². The summed E-state index contributed by atoms with van der Waals surface area (Å²) in [7, 11) is 0. The Labute approximate surface area is 132 Å². The Morgan fingerprint density at radius 3 is 2.13 bits per heavy atom. The molecule has 1 aliphatic carbocycles. The molecule has 0 saturated carbocycles. The van der Waals surface area contributed by atoms with Gasteiger partial charge in [0.15, 0.2) is 11.5 Å². The predicted molar refractivity (Wildman–Crippen MR) is 81.7 cm³/mol. The molecule has 0 atom stereocenters. The first-order valence-corrected chi connectivity index (χ1v) is 7.45. The van der Waals surface area contributed by atoms with Gasteiger partial charge in [0.25, 0.3) is 0 Å². The van der Waals surface area contributed by atoms with E-state index < -0.39 is 11.9 Å². The van der Waals surface area contributed by atoms with Crippen LogP contribution in [0, 0.1) is 0 Å². The highest BCUT2D eigenvalue weighted by molar-refractivity contribution is 5.87. The van der Waals surface area contributed by atoms with Crippen LogP contribution in [0.15, 0.2) is 21.3 Å². The monoisotopic (exact) mass is 316 g/mol. The maximum atomic E-state index is 12.1. The Morgan fingerprint density at radius 1 is 0.957 bits per heavy atom. The van der Waals surface area contributed by atoms with Gasteiger partial charge >= 0.3 is 17.6 Å². The Bertz CT molecular complexity index is 861. The van der Waals surface area contributed by atoms with Gasteiger partial charge in [-0.1, -0.05) is 0 Å². The summed E-state index contributed by atoms with van der Waals surface area (Å²) in [4.78, 5) is 34.6. The molecule has 0 unspecified atom stereocenters. The van der Waals surface area contributed by atoms with Crippen LogP contribution in [-0.2, 0) is 22.4 Å². The summed E-state index contributed by atoms with van der Waals surface area (Å²) in [5.74, 6) is -0.886. The molecule has 0 fully saturated rings. The zero-order valence-corrected chi connectivity index (χ0v) is 12.9. The molecule has 1 aromatic carbocycles. The van der Waals surface area contributed by atoms with Gasteiger partial charge < -0.3 is 13.9 Å². The quantitative estimate of drug-likeness (QED) is 0.481. The maximum absolute atomic E-state index is 12.1. The van der Waals surface area contributed by atoms with Gasteiger partial charge in [-0.3, -0.25) is 9.59 Å². The molecule has 23 heavy (non-hydrogen) atoms. The topological polar surface area (TPSA) is 82.8 Å². The van der Waals surface area contributed by atoms with Gasteiger partial charge in [0.1, 0.15) is 5.58 Å². The molecule has 6 heteroatoms. The van der Waals surface area contributed by atoms with Crippen LogP contribution in [0.4, 0.5) is 0 Å². The summed E-state index contributed by atoms with van der Waals surface area (Å²) < 4.78 is 15.6. The van der Waals surface area contributed by atoms with Crippen LogP contribution in [0.3, 0.4) is 0 Å². The summed E-state index contributed by atoms with van der Waals surface area (Å²) in [6.07, 6.45) is 3.39. The van der Waals surface area contributed by atoms with E-state index in [2.05, 4.69) is 0 Å². The fraction of sp³-hybridized carbons (Fsp3) is 0.353. The van der Waals surface area contributed by atoms with E-state index in [0.717, 1.165) is 24.8 Å². The van der Waals surface area contributed by atoms with Crippen LogP contribution in [0.5, 0.6) is 11.5 Å². The van der Waals surface area contributed by atoms with Crippen molar-refractivity contribution in [2.45, 2.75) is 39.5 Å². The van der Waals surface area contributed by atoms with E-state index in [4.69, 9.17) is 13.9 Å². The number of ether oxygens (including phenoxy) is 2. The van der Waals surface area contributed by atoms with Crippen LogP contribution in [0.1, 0.15) is 37.8 Å². The van der Waals surface area contributed by atoms with Crippen molar-refractivity contribution in [2.24, 2.45) is 0 Å². The number of fused-ring (bicyclic) bond motifs is 3.